The summed E-state index contributed by atoms with van der Waals surface area (Å²) < 4.78 is 32.0. The molecule has 2 heterocycles. The smallest absolute Gasteiger partial charge is 0.268 e. The van der Waals surface area contributed by atoms with Crippen molar-refractivity contribution < 1.29 is 12.6 Å². The minimum absolute atomic E-state index is 0.0438. The molecular weight excluding hydrogens is 525 g/mol. The van der Waals surface area contributed by atoms with E-state index in [1.807, 2.05) is 49.4 Å². The Labute approximate surface area is 222 Å². The van der Waals surface area contributed by atoms with E-state index in [9.17, 15) is 13.2 Å². The van der Waals surface area contributed by atoms with E-state index in [4.69, 9.17) is 9.17 Å². The topological polar surface area (TPSA) is 78.3 Å². The molecule has 0 saturated carbocycles. The van der Waals surface area contributed by atoms with Gasteiger partial charge in [-0.1, -0.05) is 71.9 Å². The fourth-order valence-corrected chi connectivity index (χ4v) is 7.62. The minimum atomic E-state index is -3.86. The summed E-state index contributed by atoms with van der Waals surface area (Å²) >= 11 is 2.86. The Morgan fingerprint density at radius 1 is 1.00 bits per heavy atom. The van der Waals surface area contributed by atoms with Crippen molar-refractivity contribution in [2.24, 2.45) is 0 Å². The van der Waals surface area contributed by atoms with E-state index in [0.717, 1.165) is 28.0 Å². The third kappa shape index (κ3) is 4.42. The highest BCUT2D eigenvalue weighted by molar-refractivity contribution is 7.99. The highest BCUT2D eigenvalue weighted by atomic mass is 32.2. The van der Waals surface area contributed by atoms with Gasteiger partial charge < -0.3 is 0 Å². The van der Waals surface area contributed by atoms with Crippen LogP contribution in [-0.2, 0) is 20.7 Å². The molecule has 0 radical (unpaired) electrons. The lowest BCUT2D eigenvalue weighted by Gasteiger charge is -2.13. The second kappa shape index (κ2) is 9.57. The first-order valence-electron chi connectivity index (χ1n) is 11.7. The van der Waals surface area contributed by atoms with Crippen LogP contribution in [0.15, 0.2) is 93.7 Å². The maximum Gasteiger partial charge on any atom is 0.296 e. The molecule has 0 bridgehead atoms. The van der Waals surface area contributed by atoms with Crippen molar-refractivity contribution in [1.82, 2.24) is 9.55 Å². The molecule has 9 heteroatoms. The van der Waals surface area contributed by atoms with Gasteiger partial charge in [-0.2, -0.15) is 8.42 Å². The first-order valence-corrected chi connectivity index (χ1v) is 14.9. The van der Waals surface area contributed by atoms with Gasteiger partial charge in [-0.05, 0) is 42.3 Å². The number of benzene rings is 3. The zero-order valence-corrected chi connectivity index (χ0v) is 22.3. The van der Waals surface area contributed by atoms with E-state index in [0.29, 0.717) is 26.8 Å². The average Bonchev–Trinajstić information content (AvgIpc) is 3.43. The van der Waals surface area contributed by atoms with Gasteiger partial charge in [-0.3, -0.25) is 13.5 Å². The van der Waals surface area contributed by atoms with E-state index in [1.165, 1.54) is 29.5 Å². The third-order valence-electron chi connectivity index (χ3n) is 6.28. The van der Waals surface area contributed by atoms with Crippen molar-refractivity contribution in [1.29, 1.82) is 0 Å². The van der Waals surface area contributed by atoms with Crippen molar-refractivity contribution >= 4 is 43.4 Å². The van der Waals surface area contributed by atoms with Crippen LogP contribution in [0.5, 0.6) is 0 Å². The molecule has 1 aliphatic rings. The number of thioether (sulfide) groups is 1. The first kappa shape index (κ1) is 24.1. The Morgan fingerprint density at radius 3 is 2.51 bits per heavy atom. The number of hydrogen-bond acceptors (Lipinski definition) is 7. The number of aromatic nitrogens is 2. The zero-order valence-electron chi connectivity index (χ0n) is 19.9. The van der Waals surface area contributed by atoms with Crippen LogP contribution in [0.25, 0.3) is 27.0 Å². The van der Waals surface area contributed by atoms with Crippen LogP contribution < -0.4 is 5.56 Å². The van der Waals surface area contributed by atoms with Gasteiger partial charge >= 0.3 is 0 Å². The van der Waals surface area contributed by atoms with Crippen LogP contribution in [0.4, 0.5) is 0 Å². The molecule has 37 heavy (non-hydrogen) atoms. The molecule has 0 amide bonds. The summed E-state index contributed by atoms with van der Waals surface area (Å²) in [4.78, 5) is 20.8. The van der Waals surface area contributed by atoms with Gasteiger partial charge in [0, 0.05) is 22.6 Å². The van der Waals surface area contributed by atoms with E-state index < -0.39 is 10.1 Å². The number of rotatable bonds is 7. The van der Waals surface area contributed by atoms with Gasteiger partial charge in [-0.25, -0.2) is 4.98 Å². The molecule has 3 aromatic carbocycles. The second-order valence-corrected chi connectivity index (χ2v) is 12.5. The van der Waals surface area contributed by atoms with Crippen molar-refractivity contribution in [2.45, 2.75) is 23.4 Å². The molecule has 0 N–H and O–H groups in total. The van der Waals surface area contributed by atoms with Crippen LogP contribution in [-0.4, -0.2) is 30.3 Å². The summed E-state index contributed by atoms with van der Waals surface area (Å²) in [7, 11) is -3.86. The minimum Gasteiger partial charge on any atom is -0.268 e. The maximum atomic E-state index is 14.0. The molecule has 0 fully saturated rings. The van der Waals surface area contributed by atoms with E-state index >= 15 is 0 Å². The zero-order chi connectivity index (χ0) is 25.6. The molecule has 2 aromatic heterocycles. The SMILES string of the molecule is Cc1ccc(S(=O)(=O)OCCSc2nc3sc4c(c3c(=O)n2-c2ccccc2)-c2ccccc2C4)cc1. The monoisotopic (exact) mass is 546 g/mol. The highest BCUT2D eigenvalue weighted by Gasteiger charge is 2.27. The van der Waals surface area contributed by atoms with E-state index in [1.54, 1.807) is 28.0 Å². The Hall–Kier alpha value is -3.24. The molecule has 0 unspecified atom stereocenters. The molecule has 6 rings (SSSR count). The van der Waals surface area contributed by atoms with Crippen molar-refractivity contribution in [3.63, 3.8) is 0 Å². The van der Waals surface area contributed by atoms with Gasteiger partial charge in [0.2, 0.25) is 0 Å². The number of para-hydroxylation sites is 1. The number of hydrogen-bond donors (Lipinski definition) is 0. The van der Waals surface area contributed by atoms with Gasteiger partial charge in [-0.15, -0.1) is 11.3 Å². The summed E-state index contributed by atoms with van der Waals surface area (Å²) in [6.45, 7) is 1.85. The van der Waals surface area contributed by atoms with Crippen molar-refractivity contribution in [2.75, 3.05) is 12.4 Å². The summed E-state index contributed by atoms with van der Waals surface area (Å²) in [6, 6.07) is 24.1. The number of nitrogens with zero attached hydrogens (tertiary/aromatic N) is 2. The molecule has 186 valence electrons. The molecular formula is C28H22N2O4S3. The number of thiophene rings is 1. The number of aryl methyl sites for hydroxylation is 1. The lowest BCUT2D eigenvalue weighted by molar-refractivity contribution is 0.341. The molecule has 1 aliphatic carbocycles. The first-order chi connectivity index (χ1) is 17.9. The molecule has 6 nitrogen and oxygen atoms in total. The lowest BCUT2D eigenvalue weighted by atomic mass is 10.1. The molecule has 0 atom stereocenters. The lowest BCUT2D eigenvalue weighted by Crippen LogP contribution is -2.22. The third-order valence-corrected chi connectivity index (χ3v) is 9.60. The Balaban J connectivity index is 1.34. The van der Waals surface area contributed by atoms with Crippen LogP contribution in [0.3, 0.4) is 0 Å². The van der Waals surface area contributed by atoms with Crippen LogP contribution in [0, 0.1) is 6.92 Å². The molecule has 0 spiro atoms. The highest BCUT2D eigenvalue weighted by Crippen LogP contribution is 2.45. The van der Waals surface area contributed by atoms with Gasteiger partial charge in [0.05, 0.1) is 22.6 Å². The van der Waals surface area contributed by atoms with Gasteiger partial charge in [0.15, 0.2) is 5.16 Å². The molecule has 0 aliphatic heterocycles. The Morgan fingerprint density at radius 2 is 1.73 bits per heavy atom. The van der Waals surface area contributed by atoms with Crippen molar-refractivity contribution in [3.8, 4) is 16.8 Å². The van der Waals surface area contributed by atoms with E-state index in [2.05, 4.69) is 12.1 Å². The van der Waals surface area contributed by atoms with Crippen molar-refractivity contribution in [3.05, 3.63) is 105 Å². The quantitative estimate of drug-likeness (QED) is 0.109. The maximum absolute atomic E-state index is 14.0. The normalized spacial score (nSPS) is 12.6. The largest absolute Gasteiger partial charge is 0.296 e. The van der Waals surface area contributed by atoms with Crippen LogP contribution in [0.2, 0.25) is 0 Å². The number of fused-ring (bicyclic) bond motifs is 5. The predicted octanol–water partition coefficient (Wildman–Crippen LogP) is 5.82. The summed E-state index contributed by atoms with van der Waals surface area (Å²) in [5, 5.41) is 1.14. The fraction of sp³-hybridized carbons (Fsp3) is 0.143. The van der Waals surface area contributed by atoms with E-state index in [-0.39, 0.29) is 17.1 Å². The fourth-order valence-electron chi connectivity index (χ4n) is 4.53. The second-order valence-electron chi connectivity index (χ2n) is 8.72. The standard InChI is InChI=1S/C28H22N2O4S3/c1-18-11-13-21(14-12-18)37(32,33)34-15-16-35-28-29-26-25(27(31)30(28)20-8-3-2-4-9-20)24-22-10-6-5-7-19(22)17-23(24)36-26/h2-14H,15-17H2,1H3. The van der Waals surface area contributed by atoms with Crippen LogP contribution >= 0.6 is 23.1 Å². The van der Waals surface area contributed by atoms with Gasteiger partial charge in [0.1, 0.15) is 4.83 Å². The predicted molar refractivity (Wildman–Crippen MR) is 148 cm³/mol. The average molecular weight is 547 g/mol. The Kier molecular flexibility index (Phi) is 6.24. The summed E-state index contributed by atoms with van der Waals surface area (Å²) in [5.74, 6) is 0.309. The molecule has 0 saturated heterocycles. The van der Waals surface area contributed by atoms with Crippen LogP contribution in [0.1, 0.15) is 16.0 Å². The summed E-state index contributed by atoms with van der Waals surface area (Å²) in [5.41, 5.74) is 4.86. The van der Waals surface area contributed by atoms with Gasteiger partial charge in [0.25, 0.3) is 15.7 Å². The molecule has 5 aromatic rings. The summed E-state index contributed by atoms with van der Waals surface area (Å²) in [6.07, 6.45) is 0.796. The Bertz CT molecular complexity index is 1790.